The van der Waals surface area contributed by atoms with E-state index in [1.807, 2.05) is 0 Å². The topological polar surface area (TPSA) is 80.1 Å². The van der Waals surface area contributed by atoms with Crippen LogP contribution in [0, 0.1) is 0 Å². The predicted molar refractivity (Wildman–Crippen MR) is 63.7 cm³/mol. The van der Waals surface area contributed by atoms with E-state index in [2.05, 4.69) is 20.1 Å². The van der Waals surface area contributed by atoms with E-state index in [1.165, 1.54) is 0 Å². The Morgan fingerprint density at radius 1 is 1.29 bits per heavy atom. The van der Waals surface area contributed by atoms with Crippen molar-refractivity contribution in [3.63, 3.8) is 0 Å². The van der Waals surface area contributed by atoms with Crippen LogP contribution in [0.15, 0.2) is 0 Å². The van der Waals surface area contributed by atoms with E-state index in [-0.39, 0.29) is 6.10 Å². The van der Waals surface area contributed by atoms with E-state index in [1.54, 1.807) is 0 Å². The summed E-state index contributed by atoms with van der Waals surface area (Å²) in [7, 11) is 0. The average Bonchev–Trinajstić information content (AvgIpc) is 3.00. The van der Waals surface area contributed by atoms with Crippen LogP contribution in [0.5, 0.6) is 0 Å². The number of piperidine rings is 1. The molecule has 17 heavy (non-hydrogen) atoms. The molecule has 0 aliphatic carbocycles. The summed E-state index contributed by atoms with van der Waals surface area (Å²) in [6.45, 7) is 2.73. The molecule has 3 N–H and O–H groups in total. The van der Waals surface area contributed by atoms with Crippen molar-refractivity contribution in [1.29, 1.82) is 0 Å². The highest BCUT2D eigenvalue weighted by atomic mass is 16.5. The number of nitrogens with one attached hydrogen (secondary N) is 1. The van der Waals surface area contributed by atoms with Gasteiger partial charge in [0.15, 0.2) is 5.82 Å². The molecule has 6 nitrogen and oxygen atoms in total. The lowest BCUT2D eigenvalue weighted by Gasteiger charge is -2.28. The summed E-state index contributed by atoms with van der Waals surface area (Å²) in [6.07, 6.45) is 4.30. The summed E-state index contributed by atoms with van der Waals surface area (Å²) in [5, 5.41) is 7.28. The number of nitrogens with zero attached hydrogens (tertiary/aromatic N) is 3. The van der Waals surface area contributed by atoms with Gasteiger partial charge in [0, 0.05) is 25.7 Å². The van der Waals surface area contributed by atoms with Crippen LogP contribution in [0.1, 0.15) is 37.6 Å². The number of nitrogens with two attached hydrogens (primary N) is 1. The Labute approximate surface area is 101 Å². The van der Waals surface area contributed by atoms with Crippen LogP contribution < -0.4 is 10.6 Å². The van der Waals surface area contributed by atoms with Gasteiger partial charge in [0.2, 0.25) is 5.95 Å². The molecule has 3 heterocycles. The molecule has 2 aliphatic heterocycles. The first-order valence-corrected chi connectivity index (χ1v) is 6.37. The van der Waals surface area contributed by atoms with Crippen LogP contribution >= 0.6 is 0 Å². The van der Waals surface area contributed by atoms with Crippen molar-refractivity contribution < 1.29 is 4.74 Å². The number of rotatable bonds is 2. The fourth-order valence-electron chi connectivity index (χ4n) is 2.44. The van der Waals surface area contributed by atoms with Crippen LogP contribution in [0.3, 0.4) is 0 Å². The third-order valence-electron chi connectivity index (χ3n) is 3.55. The zero-order chi connectivity index (χ0) is 11.7. The van der Waals surface area contributed by atoms with Crippen LogP contribution in [0.25, 0.3) is 0 Å². The molecule has 94 valence electrons. The van der Waals surface area contributed by atoms with Crippen LogP contribution in [0.4, 0.5) is 5.95 Å². The number of hydrogen-bond donors (Lipinski definition) is 2. The Balaban J connectivity index is 1.67. The number of hydrogen-bond acceptors (Lipinski definition) is 5. The Morgan fingerprint density at radius 2 is 2.12 bits per heavy atom. The van der Waals surface area contributed by atoms with E-state index < -0.39 is 0 Å². The molecule has 2 aliphatic rings. The van der Waals surface area contributed by atoms with Crippen molar-refractivity contribution in [2.45, 2.75) is 37.8 Å². The molecule has 1 unspecified atom stereocenters. The van der Waals surface area contributed by atoms with Gasteiger partial charge in [0.1, 0.15) is 6.10 Å². The molecule has 0 spiro atoms. The standard InChI is InChI=1S/C11H19N5O/c12-8-3-5-16(6-4-8)11-13-10(14-15-11)9-2-1-7-17-9/h8-9H,1-7,12H2,(H,13,14,15). The molecule has 6 heteroatoms. The van der Waals surface area contributed by atoms with Crippen LogP contribution in [0.2, 0.25) is 0 Å². The first kappa shape index (κ1) is 11.0. The highest BCUT2D eigenvalue weighted by Crippen LogP contribution is 2.27. The van der Waals surface area contributed by atoms with E-state index >= 15 is 0 Å². The van der Waals surface area contributed by atoms with Crippen molar-refractivity contribution in [3.8, 4) is 0 Å². The lowest BCUT2D eigenvalue weighted by atomic mass is 10.1. The fraction of sp³-hybridized carbons (Fsp3) is 0.818. The zero-order valence-electron chi connectivity index (χ0n) is 9.93. The number of H-pyrrole nitrogens is 1. The summed E-state index contributed by atoms with van der Waals surface area (Å²) in [4.78, 5) is 6.73. The summed E-state index contributed by atoms with van der Waals surface area (Å²) in [5.41, 5.74) is 5.88. The van der Waals surface area contributed by atoms with Gasteiger partial charge in [-0.05, 0) is 25.7 Å². The van der Waals surface area contributed by atoms with Gasteiger partial charge in [-0.25, -0.2) is 0 Å². The minimum Gasteiger partial charge on any atom is -0.370 e. The normalized spacial score (nSPS) is 26.6. The first-order valence-electron chi connectivity index (χ1n) is 6.37. The smallest absolute Gasteiger partial charge is 0.244 e. The van der Waals surface area contributed by atoms with Crippen molar-refractivity contribution in [1.82, 2.24) is 15.2 Å². The largest absolute Gasteiger partial charge is 0.370 e. The highest BCUT2D eigenvalue weighted by Gasteiger charge is 2.24. The van der Waals surface area contributed by atoms with Crippen molar-refractivity contribution in [2.75, 3.05) is 24.6 Å². The SMILES string of the molecule is NC1CCN(c2n[nH]c(C3CCCO3)n2)CC1. The molecule has 2 fully saturated rings. The molecule has 0 radical (unpaired) electrons. The molecule has 1 atom stereocenters. The second-order valence-electron chi connectivity index (χ2n) is 4.85. The van der Waals surface area contributed by atoms with Crippen LogP contribution in [-0.4, -0.2) is 40.9 Å². The molecular formula is C11H19N5O. The van der Waals surface area contributed by atoms with E-state index in [4.69, 9.17) is 10.5 Å². The van der Waals surface area contributed by atoms with Gasteiger partial charge in [-0.3, -0.25) is 5.10 Å². The summed E-state index contributed by atoms with van der Waals surface area (Å²) >= 11 is 0. The van der Waals surface area contributed by atoms with Gasteiger partial charge in [0.05, 0.1) is 0 Å². The zero-order valence-corrected chi connectivity index (χ0v) is 9.93. The van der Waals surface area contributed by atoms with Gasteiger partial charge in [-0.1, -0.05) is 0 Å². The molecule has 0 aromatic carbocycles. The number of aromatic amines is 1. The Kier molecular flexibility index (Phi) is 2.98. The first-order chi connectivity index (χ1) is 8.33. The number of anilines is 1. The molecule has 3 rings (SSSR count). The molecular weight excluding hydrogens is 218 g/mol. The lowest BCUT2D eigenvalue weighted by molar-refractivity contribution is 0.105. The van der Waals surface area contributed by atoms with Gasteiger partial charge in [-0.15, -0.1) is 5.10 Å². The van der Waals surface area contributed by atoms with Gasteiger partial charge >= 0.3 is 0 Å². The number of aromatic nitrogens is 3. The van der Waals surface area contributed by atoms with E-state index in [0.717, 1.165) is 57.2 Å². The Bertz CT molecular complexity index is 366. The monoisotopic (exact) mass is 237 g/mol. The van der Waals surface area contributed by atoms with Gasteiger partial charge in [-0.2, -0.15) is 4.98 Å². The van der Waals surface area contributed by atoms with Crippen molar-refractivity contribution in [3.05, 3.63) is 5.82 Å². The molecule has 1 aromatic rings. The highest BCUT2D eigenvalue weighted by molar-refractivity contribution is 5.29. The minimum atomic E-state index is 0.114. The van der Waals surface area contributed by atoms with Crippen LogP contribution in [-0.2, 0) is 4.74 Å². The maximum atomic E-state index is 5.88. The third-order valence-corrected chi connectivity index (χ3v) is 3.55. The summed E-state index contributed by atoms with van der Waals surface area (Å²) in [5.74, 6) is 1.66. The fourth-order valence-corrected chi connectivity index (χ4v) is 2.44. The van der Waals surface area contributed by atoms with Gasteiger partial charge in [0.25, 0.3) is 0 Å². The van der Waals surface area contributed by atoms with Crippen molar-refractivity contribution in [2.24, 2.45) is 5.73 Å². The maximum Gasteiger partial charge on any atom is 0.244 e. The maximum absolute atomic E-state index is 5.88. The predicted octanol–water partition coefficient (Wildman–Crippen LogP) is 0.584. The average molecular weight is 237 g/mol. The van der Waals surface area contributed by atoms with E-state index in [9.17, 15) is 0 Å². The molecule has 0 amide bonds. The van der Waals surface area contributed by atoms with Gasteiger partial charge < -0.3 is 15.4 Å². The second-order valence-corrected chi connectivity index (χ2v) is 4.85. The molecule has 1 aromatic heterocycles. The quantitative estimate of drug-likeness (QED) is 0.786. The summed E-state index contributed by atoms with van der Waals surface area (Å²) < 4.78 is 5.58. The molecule has 0 saturated carbocycles. The van der Waals surface area contributed by atoms with Crippen molar-refractivity contribution >= 4 is 5.95 Å². The second kappa shape index (κ2) is 4.62. The lowest BCUT2D eigenvalue weighted by Crippen LogP contribution is -2.40. The number of ether oxygens (including phenoxy) is 1. The third kappa shape index (κ3) is 2.28. The van der Waals surface area contributed by atoms with E-state index in [0.29, 0.717) is 6.04 Å². The Morgan fingerprint density at radius 3 is 2.82 bits per heavy atom. The summed E-state index contributed by atoms with van der Waals surface area (Å²) in [6, 6.07) is 0.336. The Hall–Kier alpha value is -1.14. The molecule has 2 saturated heterocycles. The minimum absolute atomic E-state index is 0.114. The molecule has 0 bridgehead atoms.